The quantitative estimate of drug-likeness (QED) is 0.485. The molecule has 0 fully saturated rings. The molecule has 2 nitrogen and oxygen atoms in total. The molecule has 0 atom stereocenters. The molecule has 0 saturated heterocycles. The van der Waals surface area contributed by atoms with E-state index in [9.17, 15) is 14.0 Å². The highest BCUT2D eigenvalue weighted by atomic mass is 32.2. The summed E-state index contributed by atoms with van der Waals surface area (Å²) in [5.41, 5.74) is 0. The number of hydrogen-bond acceptors (Lipinski definition) is 3. The molecule has 0 saturated carbocycles. The molecule has 1 rings (SSSR count). The lowest BCUT2D eigenvalue weighted by Crippen LogP contribution is -1.83. The maximum absolute atomic E-state index is 11.8. The molecule has 0 N–H and O–H groups in total. The van der Waals surface area contributed by atoms with Gasteiger partial charge in [0, 0.05) is 6.08 Å². The van der Waals surface area contributed by atoms with Gasteiger partial charge in [-0.3, -0.25) is 9.59 Å². The second-order valence-electron chi connectivity index (χ2n) is 1.20. The van der Waals surface area contributed by atoms with Crippen LogP contribution in [0, 0.1) is 0 Å². The Morgan fingerprint density at radius 1 is 1.50 bits per heavy atom. The van der Waals surface area contributed by atoms with E-state index in [1.807, 2.05) is 0 Å². The molecule has 42 valence electrons. The summed E-state index contributed by atoms with van der Waals surface area (Å²) in [5, 5.41) is -1.30. The van der Waals surface area contributed by atoms with E-state index in [-0.39, 0.29) is 0 Å². The first-order valence-electron chi connectivity index (χ1n) is 1.83. The summed E-state index contributed by atoms with van der Waals surface area (Å²) in [4.78, 5) is 20.2. The largest absolute Gasteiger partial charge is 0.282 e. The van der Waals surface area contributed by atoms with Gasteiger partial charge in [0.2, 0.25) is 5.12 Å². The number of thioether (sulfide) groups is 1. The summed E-state index contributed by atoms with van der Waals surface area (Å²) in [6.45, 7) is 0. The number of carbonyl (C=O) groups is 2. The summed E-state index contributed by atoms with van der Waals surface area (Å²) in [6.07, 6.45) is 0.688. The van der Waals surface area contributed by atoms with Gasteiger partial charge in [-0.1, -0.05) is 0 Å². The van der Waals surface area contributed by atoms with Crippen LogP contribution in [0.15, 0.2) is 11.9 Å². The molecule has 0 radical (unpaired) electrons. The average molecular weight is 132 g/mol. The van der Waals surface area contributed by atoms with E-state index in [4.69, 9.17) is 0 Å². The van der Waals surface area contributed by atoms with Crippen molar-refractivity contribution in [3.63, 3.8) is 0 Å². The predicted octanol–water partition coefficient (Wildman–Crippen LogP) is 0.640. The van der Waals surface area contributed by atoms with Crippen molar-refractivity contribution in [2.75, 3.05) is 0 Å². The van der Waals surface area contributed by atoms with Crippen molar-refractivity contribution in [2.45, 2.75) is 0 Å². The van der Waals surface area contributed by atoms with Gasteiger partial charge in [-0.2, -0.15) is 0 Å². The van der Waals surface area contributed by atoms with E-state index in [1.165, 1.54) is 0 Å². The zero-order valence-corrected chi connectivity index (χ0v) is 4.50. The van der Waals surface area contributed by atoms with Gasteiger partial charge in [-0.15, -0.1) is 0 Å². The number of rotatable bonds is 0. The third-order valence-corrected chi connectivity index (χ3v) is 1.33. The number of halogens is 1. The predicted molar refractivity (Wildman–Crippen MR) is 26.8 cm³/mol. The lowest BCUT2D eigenvalue weighted by molar-refractivity contribution is -0.109. The number of carbonyl (C=O) groups excluding carboxylic acids is 2. The van der Waals surface area contributed by atoms with Crippen LogP contribution in [0.5, 0.6) is 0 Å². The lowest BCUT2D eigenvalue weighted by Gasteiger charge is -1.75. The smallest absolute Gasteiger partial charge is 0.255 e. The van der Waals surface area contributed by atoms with Crippen LogP contribution in [0.1, 0.15) is 0 Å². The Labute approximate surface area is 48.8 Å². The van der Waals surface area contributed by atoms with Crippen molar-refractivity contribution in [3.05, 3.63) is 11.9 Å². The van der Waals surface area contributed by atoms with Crippen LogP contribution in [0.4, 0.5) is 4.39 Å². The van der Waals surface area contributed by atoms with Crippen molar-refractivity contribution in [3.8, 4) is 0 Å². The Morgan fingerprint density at radius 2 is 2.12 bits per heavy atom. The molecule has 4 heteroatoms. The fourth-order valence-corrected chi connectivity index (χ4v) is 0.834. The van der Waals surface area contributed by atoms with E-state index < -0.39 is 16.1 Å². The lowest BCUT2D eigenvalue weighted by atomic mass is 10.5. The van der Waals surface area contributed by atoms with Gasteiger partial charge in [-0.05, 0) is 11.8 Å². The van der Waals surface area contributed by atoms with Crippen molar-refractivity contribution < 1.29 is 14.0 Å². The highest BCUT2D eigenvalue weighted by Crippen LogP contribution is 2.21. The Balaban J connectivity index is 2.88. The number of hydrogen-bond donors (Lipinski definition) is 0. The van der Waals surface area contributed by atoms with Gasteiger partial charge >= 0.3 is 0 Å². The minimum absolute atomic E-state index is 0.383. The SMILES string of the molecule is O=C1C=C(F)C(=O)S1. The summed E-state index contributed by atoms with van der Waals surface area (Å²) < 4.78 is 11.8. The van der Waals surface area contributed by atoms with E-state index in [0.29, 0.717) is 17.8 Å². The molecule has 1 heterocycles. The van der Waals surface area contributed by atoms with E-state index >= 15 is 0 Å². The topological polar surface area (TPSA) is 34.1 Å². The summed E-state index contributed by atoms with van der Waals surface area (Å²) in [5.74, 6) is -0.944. The van der Waals surface area contributed by atoms with Crippen LogP contribution < -0.4 is 0 Å². The normalized spacial score (nSPS) is 19.4. The van der Waals surface area contributed by atoms with Gasteiger partial charge in [-0.25, -0.2) is 4.39 Å². The summed E-state index contributed by atoms with van der Waals surface area (Å²) in [6, 6.07) is 0. The van der Waals surface area contributed by atoms with E-state index in [0.717, 1.165) is 0 Å². The fourth-order valence-electron chi connectivity index (χ4n) is 0.332. The van der Waals surface area contributed by atoms with Gasteiger partial charge in [0.15, 0.2) is 5.83 Å². The first-order valence-corrected chi connectivity index (χ1v) is 2.65. The van der Waals surface area contributed by atoms with Crippen LogP contribution in [-0.2, 0) is 9.59 Å². The van der Waals surface area contributed by atoms with Crippen molar-refractivity contribution in [1.82, 2.24) is 0 Å². The third kappa shape index (κ3) is 0.790. The second-order valence-corrected chi connectivity index (χ2v) is 2.18. The zero-order chi connectivity index (χ0) is 6.15. The molecule has 1 aliphatic rings. The Morgan fingerprint density at radius 3 is 2.25 bits per heavy atom. The van der Waals surface area contributed by atoms with Crippen LogP contribution >= 0.6 is 11.8 Å². The molecular weight excluding hydrogens is 131 g/mol. The minimum Gasteiger partial charge on any atom is -0.282 e. The van der Waals surface area contributed by atoms with Gasteiger partial charge in [0.25, 0.3) is 5.12 Å². The van der Waals surface area contributed by atoms with Crippen molar-refractivity contribution >= 4 is 22.0 Å². The second kappa shape index (κ2) is 1.70. The highest BCUT2D eigenvalue weighted by Gasteiger charge is 2.22. The maximum Gasteiger partial charge on any atom is 0.255 e. The van der Waals surface area contributed by atoms with Gasteiger partial charge in [0.05, 0.1) is 0 Å². The maximum atomic E-state index is 11.8. The molecule has 0 bridgehead atoms. The highest BCUT2D eigenvalue weighted by molar-refractivity contribution is 8.27. The van der Waals surface area contributed by atoms with E-state index in [1.54, 1.807) is 0 Å². The first kappa shape index (κ1) is 5.50. The van der Waals surface area contributed by atoms with Crippen LogP contribution in [0.2, 0.25) is 0 Å². The zero-order valence-electron chi connectivity index (χ0n) is 3.68. The molecule has 0 aliphatic carbocycles. The van der Waals surface area contributed by atoms with E-state index in [2.05, 4.69) is 0 Å². The monoisotopic (exact) mass is 132 g/mol. The molecule has 1 aliphatic heterocycles. The molecule has 0 aromatic rings. The molecular formula is C4HFO2S. The Bertz CT molecular complexity index is 184. The summed E-state index contributed by atoms with van der Waals surface area (Å²) >= 11 is 0.383. The van der Waals surface area contributed by atoms with Crippen molar-refractivity contribution in [1.29, 1.82) is 0 Å². The van der Waals surface area contributed by atoms with Crippen LogP contribution in [-0.4, -0.2) is 10.2 Å². The first-order chi connectivity index (χ1) is 3.70. The van der Waals surface area contributed by atoms with Gasteiger partial charge in [0.1, 0.15) is 0 Å². The Hall–Kier alpha value is -0.640. The van der Waals surface area contributed by atoms with Gasteiger partial charge < -0.3 is 0 Å². The minimum atomic E-state index is -0.944. The van der Waals surface area contributed by atoms with Crippen LogP contribution in [0.25, 0.3) is 0 Å². The van der Waals surface area contributed by atoms with Crippen LogP contribution in [0.3, 0.4) is 0 Å². The third-order valence-electron chi connectivity index (χ3n) is 0.633. The summed E-state index contributed by atoms with van der Waals surface area (Å²) in [7, 11) is 0. The Kier molecular flexibility index (Phi) is 1.17. The molecule has 0 unspecified atom stereocenters. The van der Waals surface area contributed by atoms with Crippen molar-refractivity contribution in [2.24, 2.45) is 0 Å². The molecule has 0 aromatic carbocycles. The average Bonchev–Trinajstić information content (AvgIpc) is 1.85. The molecule has 0 amide bonds. The molecule has 0 spiro atoms. The molecule has 8 heavy (non-hydrogen) atoms. The molecule has 0 aromatic heterocycles. The standard InChI is InChI=1S/C4HFO2S/c5-2-1-3(6)8-4(2)7/h1H. The fraction of sp³-hybridized carbons (Fsp3) is 0.